The van der Waals surface area contributed by atoms with Gasteiger partial charge in [0, 0.05) is 19.3 Å². The molecule has 0 amide bonds. The van der Waals surface area contributed by atoms with Crippen LogP contribution in [0.3, 0.4) is 0 Å². The predicted molar refractivity (Wildman–Crippen MR) is 98.8 cm³/mol. The highest BCUT2D eigenvalue weighted by molar-refractivity contribution is 7.92. The molecule has 0 radical (unpaired) electrons. The van der Waals surface area contributed by atoms with Crippen molar-refractivity contribution in [2.75, 3.05) is 22.7 Å². The summed E-state index contributed by atoms with van der Waals surface area (Å²) < 4.78 is 27.1. The van der Waals surface area contributed by atoms with E-state index in [9.17, 15) is 8.42 Å². The van der Waals surface area contributed by atoms with Crippen LogP contribution >= 0.6 is 0 Å². The molecule has 0 aliphatic rings. The number of aromatic nitrogens is 1. The zero-order chi connectivity index (χ0) is 17.6. The van der Waals surface area contributed by atoms with Crippen LogP contribution in [0.1, 0.15) is 27.2 Å². The third-order valence-corrected chi connectivity index (χ3v) is 5.57. The van der Waals surface area contributed by atoms with Gasteiger partial charge in [0.1, 0.15) is 10.7 Å². The van der Waals surface area contributed by atoms with Crippen molar-refractivity contribution in [1.82, 2.24) is 4.98 Å². The molecule has 0 aliphatic heterocycles. The maximum atomic E-state index is 12.8. The van der Waals surface area contributed by atoms with E-state index in [1.165, 1.54) is 10.5 Å². The second-order valence-corrected chi connectivity index (χ2v) is 7.86. The van der Waals surface area contributed by atoms with Crippen LogP contribution in [-0.2, 0) is 10.0 Å². The predicted octanol–water partition coefficient (Wildman–Crippen LogP) is 3.75. The van der Waals surface area contributed by atoms with Gasteiger partial charge >= 0.3 is 0 Å². The minimum absolute atomic E-state index is 0.197. The minimum Gasteiger partial charge on any atom is -0.370 e. The number of anilines is 2. The highest BCUT2D eigenvalue weighted by atomic mass is 32.2. The van der Waals surface area contributed by atoms with Gasteiger partial charge in [-0.25, -0.2) is 13.4 Å². The van der Waals surface area contributed by atoms with Crippen LogP contribution in [0.4, 0.5) is 11.5 Å². The molecule has 0 aliphatic carbocycles. The van der Waals surface area contributed by atoms with E-state index in [0.29, 0.717) is 24.0 Å². The molecule has 5 nitrogen and oxygen atoms in total. The van der Waals surface area contributed by atoms with Gasteiger partial charge in [0.15, 0.2) is 0 Å². The Bertz CT molecular complexity index is 729. The molecule has 130 valence electrons. The first-order valence-electron chi connectivity index (χ1n) is 8.23. The molecule has 0 saturated heterocycles. The summed E-state index contributed by atoms with van der Waals surface area (Å²) in [5.74, 6) is 1.30. The van der Waals surface area contributed by atoms with E-state index >= 15 is 0 Å². The van der Waals surface area contributed by atoms with E-state index < -0.39 is 10.0 Å². The Morgan fingerprint density at radius 1 is 1.12 bits per heavy atom. The molecule has 1 aromatic carbocycles. The molecule has 0 unspecified atom stereocenters. The third kappa shape index (κ3) is 4.47. The molecule has 1 heterocycles. The summed E-state index contributed by atoms with van der Waals surface area (Å²) in [6, 6.07) is 12.4. The number of hydrogen-bond acceptors (Lipinski definition) is 4. The number of pyridine rings is 1. The number of sulfonamides is 1. The zero-order valence-electron chi connectivity index (χ0n) is 14.4. The average molecular weight is 347 g/mol. The summed E-state index contributed by atoms with van der Waals surface area (Å²) in [7, 11) is -3.61. The summed E-state index contributed by atoms with van der Waals surface area (Å²) in [5.41, 5.74) is 0.652. The molecule has 2 aromatic rings. The lowest BCUT2D eigenvalue weighted by Gasteiger charge is -2.22. The fraction of sp³-hybridized carbons (Fsp3) is 0.389. The van der Waals surface area contributed by atoms with Crippen LogP contribution in [0.15, 0.2) is 53.6 Å². The molecular formula is C18H25N3O2S. The molecular weight excluding hydrogens is 322 g/mol. The number of nitrogens with zero attached hydrogens (tertiary/aromatic N) is 2. The average Bonchev–Trinajstić information content (AvgIpc) is 2.56. The van der Waals surface area contributed by atoms with Crippen molar-refractivity contribution in [3.8, 4) is 0 Å². The first-order valence-corrected chi connectivity index (χ1v) is 9.67. The number of para-hydroxylation sites is 1. The van der Waals surface area contributed by atoms with Gasteiger partial charge in [-0.3, -0.25) is 4.31 Å². The van der Waals surface area contributed by atoms with Crippen molar-refractivity contribution in [2.45, 2.75) is 32.1 Å². The second-order valence-electron chi connectivity index (χ2n) is 5.99. The van der Waals surface area contributed by atoms with Gasteiger partial charge in [-0.2, -0.15) is 0 Å². The lowest BCUT2D eigenvalue weighted by molar-refractivity contribution is 0.591. The first-order chi connectivity index (χ1) is 11.4. The Balaban J connectivity index is 2.17. The number of hydrogen-bond donors (Lipinski definition) is 1. The number of benzene rings is 1. The first kappa shape index (κ1) is 18.3. The summed E-state index contributed by atoms with van der Waals surface area (Å²) in [6.07, 6.45) is 2.46. The Labute approximate surface area is 144 Å². The van der Waals surface area contributed by atoms with E-state index in [1.54, 1.807) is 24.3 Å². The quantitative estimate of drug-likeness (QED) is 0.790. The maximum absolute atomic E-state index is 12.8. The minimum atomic E-state index is -3.61. The van der Waals surface area contributed by atoms with Crippen molar-refractivity contribution < 1.29 is 8.42 Å². The molecule has 0 atom stereocenters. The van der Waals surface area contributed by atoms with Crippen molar-refractivity contribution in [3.63, 3.8) is 0 Å². The molecule has 24 heavy (non-hydrogen) atoms. The van der Waals surface area contributed by atoms with Gasteiger partial charge in [-0.05, 0) is 43.5 Å². The van der Waals surface area contributed by atoms with Gasteiger partial charge < -0.3 is 5.32 Å². The normalized spacial score (nSPS) is 11.5. The van der Waals surface area contributed by atoms with Crippen LogP contribution in [0, 0.1) is 5.92 Å². The second kappa shape index (κ2) is 8.15. The lowest BCUT2D eigenvalue weighted by atomic mass is 10.1. The molecule has 0 bridgehead atoms. The molecule has 0 spiro atoms. The van der Waals surface area contributed by atoms with Crippen LogP contribution < -0.4 is 9.62 Å². The van der Waals surface area contributed by atoms with Gasteiger partial charge in [0.05, 0.1) is 5.69 Å². The fourth-order valence-corrected chi connectivity index (χ4v) is 3.76. The lowest BCUT2D eigenvalue weighted by Crippen LogP contribution is -2.30. The van der Waals surface area contributed by atoms with Crippen LogP contribution in [-0.4, -0.2) is 26.5 Å². The monoisotopic (exact) mass is 347 g/mol. The van der Waals surface area contributed by atoms with E-state index in [2.05, 4.69) is 24.1 Å². The molecule has 1 aromatic heterocycles. The smallest absolute Gasteiger partial charge is 0.265 e. The van der Waals surface area contributed by atoms with Gasteiger partial charge in [0.2, 0.25) is 0 Å². The van der Waals surface area contributed by atoms with Crippen LogP contribution in [0.25, 0.3) is 0 Å². The van der Waals surface area contributed by atoms with E-state index in [1.807, 2.05) is 25.1 Å². The Morgan fingerprint density at radius 3 is 2.38 bits per heavy atom. The van der Waals surface area contributed by atoms with Crippen LogP contribution in [0.2, 0.25) is 0 Å². The molecule has 6 heteroatoms. The maximum Gasteiger partial charge on any atom is 0.265 e. The van der Waals surface area contributed by atoms with Crippen molar-refractivity contribution in [3.05, 3.63) is 48.7 Å². The number of rotatable bonds is 8. The summed E-state index contributed by atoms with van der Waals surface area (Å²) >= 11 is 0. The van der Waals surface area contributed by atoms with Crippen LogP contribution in [0.5, 0.6) is 0 Å². The van der Waals surface area contributed by atoms with E-state index in [4.69, 9.17) is 0 Å². The Kier molecular flexibility index (Phi) is 6.20. The Hall–Kier alpha value is -2.08. The zero-order valence-corrected chi connectivity index (χ0v) is 15.3. The van der Waals surface area contributed by atoms with Crippen molar-refractivity contribution in [1.29, 1.82) is 0 Å². The SMILES string of the molecule is CCN(c1ccccc1)S(=O)(=O)c1ccc(NCCC(C)C)nc1. The van der Waals surface area contributed by atoms with Gasteiger partial charge in [-0.1, -0.05) is 32.0 Å². The highest BCUT2D eigenvalue weighted by Crippen LogP contribution is 2.23. The van der Waals surface area contributed by atoms with Gasteiger partial charge in [-0.15, -0.1) is 0 Å². The van der Waals surface area contributed by atoms with Gasteiger partial charge in [0.25, 0.3) is 10.0 Å². The standard InChI is InChI=1S/C18H25N3O2S/c1-4-21(16-8-6-5-7-9-16)24(22,23)17-10-11-18(20-14-17)19-13-12-15(2)3/h5-11,14-15H,4,12-13H2,1-3H3,(H,19,20). The molecule has 0 fully saturated rings. The Morgan fingerprint density at radius 2 is 1.83 bits per heavy atom. The summed E-state index contributed by atoms with van der Waals surface area (Å²) in [4.78, 5) is 4.43. The van der Waals surface area contributed by atoms with E-state index in [0.717, 1.165) is 13.0 Å². The van der Waals surface area contributed by atoms with Crippen molar-refractivity contribution in [2.24, 2.45) is 5.92 Å². The fourth-order valence-electron chi connectivity index (χ4n) is 2.34. The van der Waals surface area contributed by atoms with E-state index in [-0.39, 0.29) is 4.90 Å². The number of nitrogens with one attached hydrogen (secondary N) is 1. The summed E-state index contributed by atoms with van der Waals surface area (Å²) in [5, 5.41) is 3.21. The molecule has 1 N–H and O–H groups in total. The third-order valence-electron chi connectivity index (χ3n) is 3.68. The topological polar surface area (TPSA) is 62.3 Å². The highest BCUT2D eigenvalue weighted by Gasteiger charge is 2.23. The summed E-state index contributed by atoms with van der Waals surface area (Å²) in [6.45, 7) is 7.32. The molecule has 0 saturated carbocycles. The van der Waals surface area contributed by atoms with Crippen molar-refractivity contribution >= 4 is 21.5 Å². The molecule has 2 rings (SSSR count). The largest absolute Gasteiger partial charge is 0.370 e.